The van der Waals surface area contributed by atoms with Crippen LogP contribution in [0, 0.1) is 6.92 Å². The van der Waals surface area contributed by atoms with Crippen molar-refractivity contribution in [3.63, 3.8) is 0 Å². The smallest absolute Gasteiger partial charge is 0.155 e. The molecular formula is C16H15N7S. The third kappa shape index (κ3) is 2.71. The van der Waals surface area contributed by atoms with Crippen LogP contribution in [0.25, 0.3) is 16.7 Å². The molecule has 4 rings (SSSR count). The van der Waals surface area contributed by atoms with Gasteiger partial charge in [0, 0.05) is 23.5 Å². The lowest BCUT2D eigenvalue weighted by Gasteiger charge is -2.08. The van der Waals surface area contributed by atoms with Crippen LogP contribution >= 0.6 is 11.9 Å². The topological polar surface area (TPSA) is 73.5 Å². The van der Waals surface area contributed by atoms with E-state index in [1.54, 1.807) is 11.0 Å². The highest BCUT2D eigenvalue weighted by atomic mass is 32.2. The van der Waals surface area contributed by atoms with Crippen LogP contribution in [0.1, 0.15) is 5.82 Å². The van der Waals surface area contributed by atoms with Gasteiger partial charge in [-0.1, -0.05) is 12.1 Å². The van der Waals surface area contributed by atoms with Gasteiger partial charge >= 0.3 is 0 Å². The summed E-state index contributed by atoms with van der Waals surface area (Å²) in [6.07, 6.45) is 5.33. The molecule has 0 saturated carbocycles. The van der Waals surface area contributed by atoms with E-state index in [9.17, 15) is 0 Å². The number of rotatable bonds is 4. The quantitative estimate of drug-likeness (QED) is 0.577. The molecule has 0 aliphatic rings. The number of nitrogens with zero attached hydrogens (tertiary/aromatic N) is 6. The number of hydrogen-bond acceptors (Lipinski definition) is 6. The molecule has 0 bridgehead atoms. The van der Waals surface area contributed by atoms with Crippen LogP contribution < -0.4 is 4.72 Å². The van der Waals surface area contributed by atoms with E-state index in [2.05, 4.69) is 31.0 Å². The summed E-state index contributed by atoms with van der Waals surface area (Å²) in [6.45, 7) is 1.85. The second-order valence-electron chi connectivity index (χ2n) is 5.30. The van der Waals surface area contributed by atoms with Gasteiger partial charge in [0.25, 0.3) is 0 Å². The first kappa shape index (κ1) is 14.7. The molecule has 24 heavy (non-hydrogen) atoms. The van der Waals surface area contributed by atoms with Gasteiger partial charge in [-0.25, -0.2) is 14.6 Å². The van der Waals surface area contributed by atoms with Crippen LogP contribution in [0.5, 0.6) is 0 Å². The average Bonchev–Trinajstić information content (AvgIpc) is 3.20. The lowest BCUT2D eigenvalue weighted by Crippen LogP contribution is -1.98. The minimum absolute atomic E-state index is 0.723. The van der Waals surface area contributed by atoms with Crippen molar-refractivity contribution in [3.05, 3.63) is 54.9 Å². The molecule has 0 radical (unpaired) electrons. The third-order valence-corrected chi connectivity index (χ3v) is 4.40. The van der Waals surface area contributed by atoms with Crippen molar-refractivity contribution in [2.75, 3.05) is 4.72 Å². The van der Waals surface area contributed by atoms with Gasteiger partial charge in [-0.2, -0.15) is 10.2 Å². The maximum Gasteiger partial charge on any atom is 0.155 e. The van der Waals surface area contributed by atoms with E-state index in [4.69, 9.17) is 0 Å². The molecule has 4 aromatic rings. The van der Waals surface area contributed by atoms with E-state index in [0.29, 0.717) is 0 Å². The van der Waals surface area contributed by atoms with Crippen molar-refractivity contribution in [1.29, 1.82) is 0 Å². The molecule has 0 amide bonds. The fourth-order valence-electron chi connectivity index (χ4n) is 2.45. The number of anilines is 1. The molecule has 3 heterocycles. The Bertz CT molecular complexity index is 987. The molecule has 1 N–H and O–H groups in total. The van der Waals surface area contributed by atoms with Crippen molar-refractivity contribution >= 4 is 28.5 Å². The Kier molecular flexibility index (Phi) is 3.66. The van der Waals surface area contributed by atoms with Gasteiger partial charge in [0.05, 0.1) is 17.4 Å². The van der Waals surface area contributed by atoms with Crippen LogP contribution in [0.2, 0.25) is 0 Å². The second kappa shape index (κ2) is 5.97. The second-order valence-corrected chi connectivity index (χ2v) is 6.18. The summed E-state index contributed by atoms with van der Waals surface area (Å²) >= 11 is 1.51. The number of aromatic nitrogens is 6. The maximum atomic E-state index is 4.43. The van der Waals surface area contributed by atoms with Crippen molar-refractivity contribution in [3.8, 4) is 5.82 Å². The summed E-state index contributed by atoms with van der Waals surface area (Å²) in [6, 6.07) is 10.0. The van der Waals surface area contributed by atoms with Gasteiger partial charge in [-0.15, -0.1) is 0 Å². The average molecular weight is 337 g/mol. The molecule has 7 nitrogen and oxygen atoms in total. The molecule has 3 aromatic heterocycles. The number of hydrogen-bond donors (Lipinski definition) is 1. The maximum absolute atomic E-state index is 4.43. The Labute approximate surface area is 142 Å². The monoisotopic (exact) mass is 337 g/mol. The summed E-state index contributed by atoms with van der Waals surface area (Å²) in [5.74, 6) is 1.47. The molecule has 0 saturated heterocycles. The molecule has 8 heteroatoms. The molecule has 1 aromatic carbocycles. The summed E-state index contributed by atoms with van der Waals surface area (Å²) in [4.78, 5) is 9.55. The van der Waals surface area contributed by atoms with E-state index in [-0.39, 0.29) is 0 Å². The van der Waals surface area contributed by atoms with E-state index in [1.807, 2.05) is 55.3 Å². The van der Waals surface area contributed by atoms with Crippen LogP contribution in [0.4, 0.5) is 5.69 Å². The van der Waals surface area contributed by atoms with E-state index >= 15 is 0 Å². The van der Waals surface area contributed by atoms with E-state index in [0.717, 1.165) is 33.1 Å². The number of aryl methyl sites for hydroxylation is 2. The zero-order chi connectivity index (χ0) is 16.5. The summed E-state index contributed by atoms with van der Waals surface area (Å²) in [7, 11) is 1.94. The zero-order valence-corrected chi connectivity index (χ0v) is 14.0. The Morgan fingerprint density at radius 1 is 1.08 bits per heavy atom. The number of nitrogens with one attached hydrogen (secondary N) is 1. The molecule has 0 aliphatic carbocycles. The standard InChI is InChI=1S/C16H15N7S/c1-11-18-10-23(20-11)15-7-6-13(9-17-15)24-21-14-5-3-4-12-8-19-22(2)16(12)14/h3-10,21H,1-2H3. The highest BCUT2D eigenvalue weighted by Crippen LogP contribution is 2.27. The van der Waals surface area contributed by atoms with Crippen molar-refractivity contribution in [2.45, 2.75) is 11.8 Å². The van der Waals surface area contributed by atoms with Gasteiger partial charge in [0.2, 0.25) is 0 Å². The molecule has 0 unspecified atom stereocenters. The predicted octanol–water partition coefficient (Wildman–Crippen LogP) is 2.98. The third-order valence-electron chi connectivity index (χ3n) is 3.60. The number of para-hydroxylation sites is 1. The summed E-state index contributed by atoms with van der Waals surface area (Å²) in [5.41, 5.74) is 2.10. The Morgan fingerprint density at radius 2 is 2.00 bits per heavy atom. The summed E-state index contributed by atoms with van der Waals surface area (Å²) in [5, 5.41) is 9.66. The lowest BCUT2D eigenvalue weighted by atomic mass is 10.2. The number of fused-ring (bicyclic) bond motifs is 1. The first-order chi connectivity index (χ1) is 11.7. The van der Waals surface area contributed by atoms with E-state index < -0.39 is 0 Å². The van der Waals surface area contributed by atoms with Gasteiger partial charge in [-0.3, -0.25) is 4.68 Å². The Balaban J connectivity index is 1.52. The molecule has 0 spiro atoms. The fraction of sp³-hybridized carbons (Fsp3) is 0.125. The van der Waals surface area contributed by atoms with Crippen molar-refractivity contribution < 1.29 is 0 Å². The number of benzene rings is 1. The molecule has 120 valence electrons. The Hall–Kier alpha value is -2.87. The van der Waals surface area contributed by atoms with Crippen LogP contribution in [-0.2, 0) is 7.05 Å². The fourth-order valence-corrected chi connectivity index (χ4v) is 3.09. The molecular weight excluding hydrogens is 322 g/mol. The van der Waals surface area contributed by atoms with Crippen LogP contribution in [-0.4, -0.2) is 29.5 Å². The van der Waals surface area contributed by atoms with Crippen LogP contribution in [0.15, 0.2) is 53.9 Å². The lowest BCUT2D eigenvalue weighted by molar-refractivity contribution is 0.798. The van der Waals surface area contributed by atoms with Gasteiger partial charge < -0.3 is 4.72 Å². The minimum Gasteiger partial charge on any atom is -0.324 e. The number of pyridine rings is 1. The van der Waals surface area contributed by atoms with Gasteiger partial charge in [0.1, 0.15) is 12.2 Å². The first-order valence-corrected chi connectivity index (χ1v) is 8.20. The van der Waals surface area contributed by atoms with Gasteiger partial charge in [0.15, 0.2) is 5.82 Å². The van der Waals surface area contributed by atoms with Gasteiger partial charge in [-0.05, 0) is 37.1 Å². The molecule has 0 aliphatic heterocycles. The molecule has 0 atom stereocenters. The normalized spacial score (nSPS) is 11.1. The minimum atomic E-state index is 0.723. The van der Waals surface area contributed by atoms with Crippen molar-refractivity contribution in [2.24, 2.45) is 7.05 Å². The largest absolute Gasteiger partial charge is 0.324 e. The van der Waals surface area contributed by atoms with Crippen LogP contribution in [0.3, 0.4) is 0 Å². The predicted molar refractivity (Wildman–Crippen MR) is 94.1 cm³/mol. The SMILES string of the molecule is Cc1ncn(-c2ccc(SNc3cccc4cnn(C)c34)cn2)n1. The van der Waals surface area contributed by atoms with Crippen molar-refractivity contribution in [1.82, 2.24) is 29.5 Å². The highest BCUT2D eigenvalue weighted by Gasteiger charge is 2.06. The van der Waals surface area contributed by atoms with E-state index in [1.165, 1.54) is 11.9 Å². The first-order valence-electron chi connectivity index (χ1n) is 7.39. The molecule has 0 fully saturated rings. The summed E-state index contributed by atoms with van der Waals surface area (Å²) < 4.78 is 6.90. The highest BCUT2D eigenvalue weighted by molar-refractivity contribution is 8.00. The Morgan fingerprint density at radius 3 is 2.75 bits per heavy atom. The zero-order valence-electron chi connectivity index (χ0n) is 13.2.